The standard InChI is InChI=1S/C22H24N2O6/c1-28-18-12-17(13-19(14-18)29-2)21(26)24-10-8-23(9-11-24)20(25)15-4-6-16(7-5-15)22(27)30-3/h4-7,12-14H,8-11H2,1-3H3. The Balaban J connectivity index is 1.63. The second-order valence-electron chi connectivity index (χ2n) is 6.75. The Morgan fingerprint density at radius 1 is 0.667 bits per heavy atom. The van der Waals surface area contributed by atoms with Crippen LogP contribution in [0.15, 0.2) is 42.5 Å². The van der Waals surface area contributed by atoms with Crippen molar-refractivity contribution in [3.05, 3.63) is 59.2 Å². The quantitative estimate of drug-likeness (QED) is 0.699. The van der Waals surface area contributed by atoms with Gasteiger partial charge in [-0.25, -0.2) is 4.79 Å². The number of carbonyl (C=O) groups is 3. The summed E-state index contributed by atoms with van der Waals surface area (Å²) in [6, 6.07) is 11.4. The zero-order valence-electron chi connectivity index (χ0n) is 17.2. The minimum absolute atomic E-state index is 0.137. The minimum atomic E-state index is -0.449. The van der Waals surface area contributed by atoms with E-state index in [1.54, 1.807) is 52.3 Å². The number of carbonyl (C=O) groups excluding carboxylic acids is 3. The maximum Gasteiger partial charge on any atom is 0.337 e. The van der Waals surface area contributed by atoms with Gasteiger partial charge in [0.05, 0.1) is 26.9 Å². The molecule has 2 aromatic rings. The second kappa shape index (κ2) is 9.30. The molecule has 158 valence electrons. The molecule has 2 aromatic carbocycles. The highest BCUT2D eigenvalue weighted by Crippen LogP contribution is 2.24. The van der Waals surface area contributed by atoms with E-state index in [1.807, 2.05) is 0 Å². The molecule has 0 saturated carbocycles. The summed E-state index contributed by atoms with van der Waals surface area (Å²) in [5.41, 5.74) is 1.35. The maximum absolute atomic E-state index is 12.9. The number of hydrogen-bond acceptors (Lipinski definition) is 6. The molecule has 1 aliphatic rings. The molecule has 0 bridgehead atoms. The van der Waals surface area contributed by atoms with Crippen molar-refractivity contribution in [1.82, 2.24) is 9.80 Å². The molecular weight excluding hydrogens is 388 g/mol. The molecule has 1 fully saturated rings. The summed E-state index contributed by atoms with van der Waals surface area (Å²) in [4.78, 5) is 40.5. The van der Waals surface area contributed by atoms with E-state index < -0.39 is 5.97 Å². The van der Waals surface area contributed by atoms with Crippen LogP contribution < -0.4 is 9.47 Å². The number of rotatable bonds is 5. The molecule has 0 aliphatic carbocycles. The lowest BCUT2D eigenvalue weighted by Crippen LogP contribution is -2.50. The summed E-state index contributed by atoms with van der Waals surface area (Å²) < 4.78 is 15.1. The largest absolute Gasteiger partial charge is 0.497 e. The van der Waals surface area contributed by atoms with E-state index >= 15 is 0 Å². The molecule has 3 rings (SSSR count). The van der Waals surface area contributed by atoms with Crippen LogP contribution in [0.4, 0.5) is 0 Å². The second-order valence-corrected chi connectivity index (χ2v) is 6.75. The van der Waals surface area contributed by atoms with Crippen LogP contribution in [0, 0.1) is 0 Å². The van der Waals surface area contributed by atoms with Crippen molar-refractivity contribution in [3.63, 3.8) is 0 Å². The van der Waals surface area contributed by atoms with Gasteiger partial charge in [-0.15, -0.1) is 0 Å². The molecule has 0 aromatic heterocycles. The van der Waals surface area contributed by atoms with Crippen molar-refractivity contribution >= 4 is 17.8 Å². The number of piperazine rings is 1. The van der Waals surface area contributed by atoms with E-state index in [2.05, 4.69) is 4.74 Å². The highest BCUT2D eigenvalue weighted by atomic mass is 16.5. The number of benzene rings is 2. The first-order chi connectivity index (χ1) is 14.5. The van der Waals surface area contributed by atoms with E-state index in [-0.39, 0.29) is 11.8 Å². The van der Waals surface area contributed by atoms with Crippen LogP contribution in [0.1, 0.15) is 31.1 Å². The molecule has 0 spiro atoms. The van der Waals surface area contributed by atoms with Crippen LogP contribution in [-0.2, 0) is 4.74 Å². The van der Waals surface area contributed by atoms with Gasteiger partial charge in [0.25, 0.3) is 11.8 Å². The van der Waals surface area contributed by atoms with E-state index in [4.69, 9.17) is 9.47 Å². The zero-order valence-corrected chi connectivity index (χ0v) is 17.2. The van der Waals surface area contributed by atoms with Gasteiger partial charge < -0.3 is 24.0 Å². The van der Waals surface area contributed by atoms with Crippen molar-refractivity contribution in [2.45, 2.75) is 0 Å². The van der Waals surface area contributed by atoms with Crippen molar-refractivity contribution in [1.29, 1.82) is 0 Å². The van der Waals surface area contributed by atoms with Gasteiger partial charge in [0.2, 0.25) is 0 Å². The van der Waals surface area contributed by atoms with Crippen LogP contribution in [0.25, 0.3) is 0 Å². The molecule has 1 saturated heterocycles. The van der Waals surface area contributed by atoms with Gasteiger partial charge in [-0.2, -0.15) is 0 Å². The van der Waals surface area contributed by atoms with Gasteiger partial charge in [-0.3, -0.25) is 9.59 Å². The van der Waals surface area contributed by atoms with Crippen molar-refractivity contribution in [3.8, 4) is 11.5 Å². The summed E-state index contributed by atoms with van der Waals surface area (Å²) >= 11 is 0. The fourth-order valence-electron chi connectivity index (χ4n) is 3.28. The van der Waals surface area contributed by atoms with Gasteiger partial charge in [0, 0.05) is 43.4 Å². The summed E-state index contributed by atoms with van der Waals surface area (Å²) in [7, 11) is 4.38. The van der Waals surface area contributed by atoms with E-state index in [0.717, 1.165) is 0 Å². The number of nitrogens with zero attached hydrogens (tertiary/aromatic N) is 2. The average molecular weight is 412 g/mol. The molecule has 0 radical (unpaired) electrons. The number of amides is 2. The van der Waals surface area contributed by atoms with Gasteiger partial charge in [-0.1, -0.05) is 0 Å². The van der Waals surface area contributed by atoms with Gasteiger partial charge in [-0.05, 0) is 36.4 Å². The third kappa shape index (κ3) is 4.53. The summed E-state index contributed by atoms with van der Waals surface area (Å²) in [6.45, 7) is 1.68. The van der Waals surface area contributed by atoms with Crippen LogP contribution in [0.2, 0.25) is 0 Å². The Kier molecular flexibility index (Phi) is 6.56. The normalized spacial score (nSPS) is 13.6. The van der Waals surface area contributed by atoms with Crippen LogP contribution >= 0.6 is 0 Å². The topological polar surface area (TPSA) is 85.4 Å². The van der Waals surface area contributed by atoms with Crippen molar-refractivity contribution in [2.75, 3.05) is 47.5 Å². The number of methoxy groups -OCH3 is 3. The van der Waals surface area contributed by atoms with Gasteiger partial charge in [0.15, 0.2) is 0 Å². The highest BCUT2D eigenvalue weighted by Gasteiger charge is 2.26. The van der Waals surface area contributed by atoms with Crippen LogP contribution in [-0.4, -0.2) is 75.1 Å². The molecule has 0 atom stereocenters. The first-order valence-electron chi connectivity index (χ1n) is 9.47. The Bertz CT molecular complexity index is 911. The summed E-state index contributed by atoms with van der Waals surface area (Å²) in [6.07, 6.45) is 0. The predicted octanol–water partition coefficient (Wildman–Crippen LogP) is 2.09. The number of ether oxygens (including phenoxy) is 3. The Labute approximate surface area is 174 Å². The Morgan fingerprint density at radius 3 is 1.53 bits per heavy atom. The molecule has 0 N–H and O–H groups in total. The average Bonchev–Trinajstić information content (AvgIpc) is 2.82. The molecular formula is C22H24N2O6. The molecule has 8 heteroatoms. The zero-order chi connectivity index (χ0) is 21.7. The van der Waals surface area contributed by atoms with Crippen molar-refractivity contribution in [2.24, 2.45) is 0 Å². The summed E-state index contributed by atoms with van der Waals surface area (Å²) in [5, 5.41) is 0. The molecule has 30 heavy (non-hydrogen) atoms. The third-order valence-corrected chi connectivity index (χ3v) is 5.01. The molecule has 1 aliphatic heterocycles. The minimum Gasteiger partial charge on any atom is -0.497 e. The van der Waals surface area contributed by atoms with Gasteiger partial charge in [0.1, 0.15) is 11.5 Å². The molecule has 2 amide bonds. The van der Waals surface area contributed by atoms with E-state index in [0.29, 0.717) is 54.4 Å². The van der Waals surface area contributed by atoms with Crippen LogP contribution in [0.3, 0.4) is 0 Å². The molecule has 0 unspecified atom stereocenters. The number of hydrogen-bond donors (Lipinski definition) is 0. The smallest absolute Gasteiger partial charge is 0.337 e. The van der Waals surface area contributed by atoms with E-state index in [9.17, 15) is 14.4 Å². The lowest BCUT2D eigenvalue weighted by molar-refractivity contribution is 0.0535. The Hall–Kier alpha value is -3.55. The lowest BCUT2D eigenvalue weighted by Gasteiger charge is -2.35. The Morgan fingerprint density at radius 2 is 1.10 bits per heavy atom. The molecule has 8 nitrogen and oxygen atoms in total. The fraction of sp³-hybridized carbons (Fsp3) is 0.318. The highest BCUT2D eigenvalue weighted by molar-refractivity contribution is 5.97. The molecule has 1 heterocycles. The summed E-state index contributed by atoms with van der Waals surface area (Å²) in [5.74, 6) is 0.363. The SMILES string of the molecule is COC(=O)c1ccc(C(=O)N2CCN(C(=O)c3cc(OC)cc(OC)c3)CC2)cc1. The predicted molar refractivity (Wildman–Crippen MR) is 109 cm³/mol. The number of esters is 1. The fourth-order valence-corrected chi connectivity index (χ4v) is 3.28. The first kappa shape index (κ1) is 21.2. The lowest BCUT2D eigenvalue weighted by atomic mass is 10.1. The monoisotopic (exact) mass is 412 g/mol. The van der Waals surface area contributed by atoms with Crippen molar-refractivity contribution < 1.29 is 28.6 Å². The van der Waals surface area contributed by atoms with E-state index in [1.165, 1.54) is 21.3 Å². The maximum atomic E-state index is 12.9. The van der Waals surface area contributed by atoms with Crippen LogP contribution in [0.5, 0.6) is 11.5 Å². The third-order valence-electron chi connectivity index (χ3n) is 5.01. The van der Waals surface area contributed by atoms with Gasteiger partial charge >= 0.3 is 5.97 Å². The first-order valence-corrected chi connectivity index (χ1v) is 9.47.